The Hall–Kier alpha value is -1.22. The second kappa shape index (κ2) is 9.17. The van der Waals surface area contributed by atoms with Gasteiger partial charge in [-0.3, -0.25) is 4.79 Å². The van der Waals surface area contributed by atoms with E-state index in [0.717, 1.165) is 42.6 Å². The Balaban J connectivity index is 1.68. The number of hydrogen-bond acceptors (Lipinski definition) is 7. The van der Waals surface area contributed by atoms with E-state index in [9.17, 15) is 4.79 Å². The number of piperidine rings is 1. The summed E-state index contributed by atoms with van der Waals surface area (Å²) in [4.78, 5) is 14.0. The predicted molar refractivity (Wildman–Crippen MR) is 92.9 cm³/mol. The third kappa shape index (κ3) is 5.72. The van der Waals surface area contributed by atoms with Crippen LogP contribution in [0.1, 0.15) is 38.9 Å². The summed E-state index contributed by atoms with van der Waals surface area (Å²) in [6, 6.07) is 0. The lowest BCUT2D eigenvalue weighted by Gasteiger charge is -2.31. The number of ether oxygens (including phenoxy) is 1. The van der Waals surface area contributed by atoms with Crippen molar-refractivity contribution in [2.75, 3.05) is 18.8 Å². The zero-order chi connectivity index (χ0) is 16.7. The Kier molecular flexibility index (Phi) is 7.22. The maximum atomic E-state index is 11.8. The van der Waals surface area contributed by atoms with E-state index in [4.69, 9.17) is 17.0 Å². The molecule has 0 unspecified atom stereocenters. The molecular weight excluding hydrogens is 334 g/mol. The molecule has 1 saturated heterocycles. The quantitative estimate of drug-likeness (QED) is 0.564. The highest BCUT2D eigenvalue weighted by molar-refractivity contribution is 8.23. The largest absolute Gasteiger partial charge is 0.457 e. The minimum atomic E-state index is -0.297. The number of nitrogens with zero attached hydrogens (tertiary/aromatic N) is 5. The van der Waals surface area contributed by atoms with Crippen molar-refractivity contribution in [3.63, 3.8) is 0 Å². The number of hydrogen-bond donors (Lipinski definition) is 0. The van der Waals surface area contributed by atoms with Crippen LogP contribution in [0.4, 0.5) is 0 Å². The molecule has 1 aliphatic heterocycles. The van der Waals surface area contributed by atoms with E-state index in [2.05, 4.69) is 27.3 Å². The van der Waals surface area contributed by atoms with Gasteiger partial charge in [0.25, 0.3) is 0 Å². The molecule has 0 aromatic carbocycles. The molecule has 0 bridgehead atoms. The van der Waals surface area contributed by atoms with Crippen molar-refractivity contribution in [2.45, 2.75) is 46.3 Å². The van der Waals surface area contributed by atoms with Crippen LogP contribution in [-0.4, -0.2) is 54.2 Å². The molecular formula is C14H23N5O2S2. The number of likely N-dealkylation sites (tertiary alicyclic amines) is 1. The van der Waals surface area contributed by atoms with Gasteiger partial charge in [0.15, 0.2) is 12.4 Å². The van der Waals surface area contributed by atoms with Crippen LogP contribution in [0.15, 0.2) is 0 Å². The van der Waals surface area contributed by atoms with E-state index >= 15 is 0 Å². The Morgan fingerprint density at radius 2 is 2.17 bits per heavy atom. The predicted octanol–water partition coefficient (Wildman–Crippen LogP) is 1.88. The molecule has 0 saturated carbocycles. The standard InChI is InChI=1S/C14H23N5O2S2/c1-3-6-19-12(15-16-17-19)9-21-13(20)10-23-14(22)18-7-4-11(2)5-8-18/h11H,3-10H2,1-2H3. The van der Waals surface area contributed by atoms with Crippen LogP contribution < -0.4 is 0 Å². The van der Waals surface area contributed by atoms with E-state index in [1.807, 2.05) is 6.92 Å². The smallest absolute Gasteiger partial charge is 0.316 e. The van der Waals surface area contributed by atoms with Crippen molar-refractivity contribution in [2.24, 2.45) is 5.92 Å². The lowest BCUT2D eigenvalue weighted by atomic mass is 10.00. The Morgan fingerprint density at radius 3 is 2.87 bits per heavy atom. The highest BCUT2D eigenvalue weighted by Gasteiger charge is 2.19. The molecule has 0 N–H and O–H groups in total. The van der Waals surface area contributed by atoms with Gasteiger partial charge in [0.1, 0.15) is 4.32 Å². The maximum absolute atomic E-state index is 11.8. The fourth-order valence-electron chi connectivity index (χ4n) is 2.30. The molecule has 9 heteroatoms. The first-order valence-electron chi connectivity index (χ1n) is 7.92. The number of carbonyl (C=O) groups is 1. The summed E-state index contributed by atoms with van der Waals surface area (Å²) < 4.78 is 7.66. The molecule has 23 heavy (non-hydrogen) atoms. The highest BCUT2D eigenvalue weighted by atomic mass is 32.2. The summed E-state index contributed by atoms with van der Waals surface area (Å²) in [5, 5.41) is 11.3. The van der Waals surface area contributed by atoms with Crippen molar-refractivity contribution < 1.29 is 9.53 Å². The highest BCUT2D eigenvalue weighted by Crippen LogP contribution is 2.20. The van der Waals surface area contributed by atoms with Crippen LogP contribution in [0, 0.1) is 5.92 Å². The Bertz CT molecular complexity index is 529. The topological polar surface area (TPSA) is 73.1 Å². The van der Waals surface area contributed by atoms with Crippen LogP contribution in [0.2, 0.25) is 0 Å². The monoisotopic (exact) mass is 357 g/mol. The zero-order valence-electron chi connectivity index (χ0n) is 13.6. The SMILES string of the molecule is CCCn1nnnc1COC(=O)CSC(=S)N1CCC(C)CC1. The van der Waals surface area contributed by atoms with Crippen LogP contribution in [0.25, 0.3) is 0 Å². The fourth-order valence-corrected chi connectivity index (χ4v) is 3.35. The number of aromatic nitrogens is 4. The lowest BCUT2D eigenvalue weighted by Crippen LogP contribution is -2.35. The third-order valence-electron chi connectivity index (χ3n) is 3.76. The Morgan fingerprint density at radius 1 is 1.43 bits per heavy atom. The van der Waals surface area contributed by atoms with Gasteiger partial charge >= 0.3 is 5.97 Å². The number of aryl methyl sites for hydroxylation is 1. The van der Waals surface area contributed by atoms with Crippen molar-refractivity contribution >= 4 is 34.3 Å². The molecule has 128 valence electrons. The second-order valence-corrected chi connectivity index (χ2v) is 7.31. The summed E-state index contributed by atoms with van der Waals surface area (Å²) >= 11 is 6.76. The summed E-state index contributed by atoms with van der Waals surface area (Å²) in [5.74, 6) is 1.25. The average molecular weight is 358 g/mol. The van der Waals surface area contributed by atoms with Crippen molar-refractivity contribution in [1.29, 1.82) is 0 Å². The summed E-state index contributed by atoms with van der Waals surface area (Å²) in [7, 11) is 0. The first kappa shape index (κ1) is 18.1. The van der Waals surface area contributed by atoms with Crippen LogP contribution in [0.5, 0.6) is 0 Å². The van der Waals surface area contributed by atoms with Gasteiger partial charge in [-0.05, 0) is 35.6 Å². The maximum Gasteiger partial charge on any atom is 0.316 e. The molecule has 1 aromatic rings. The zero-order valence-corrected chi connectivity index (χ0v) is 15.2. The molecule has 0 aliphatic carbocycles. The van der Waals surface area contributed by atoms with Crippen LogP contribution >= 0.6 is 24.0 Å². The third-order valence-corrected chi connectivity index (χ3v) is 5.26. The van der Waals surface area contributed by atoms with Gasteiger partial charge in [-0.2, -0.15) is 0 Å². The van der Waals surface area contributed by atoms with Gasteiger partial charge in [0.2, 0.25) is 0 Å². The molecule has 2 rings (SSSR count). The van der Waals surface area contributed by atoms with E-state index in [-0.39, 0.29) is 18.3 Å². The number of rotatable bonds is 6. The van der Waals surface area contributed by atoms with Gasteiger partial charge in [0.05, 0.1) is 5.75 Å². The second-order valence-electron chi connectivity index (χ2n) is 5.70. The lowest BCUT2D eigenvalue weighted by molar-refractivity contribution is -0.142. The average Bonchev–Trinajstić information content (AvgIpc) is 2.99. The summed E-state index contributed by atoms with van der Waals surface area (Å²) in [5.41, 5.74) is 0. The van der Waals surface area contributed by atoms with Gasteiger partial charge in [0, 0.05) is 19.6 Å². The van der Waals surface area contributed by atoms with E-state index in [1.54, 1.807) is 4.68 Å². The minimum Gasteiger partial charge on any atom is -0.457 e. The van der Waals surface area contributed by atoms with Crippen molar-refractivity contribution in [1.82, 2.24) is 25.1 Å². The molecule has 0 spiro atoms. The Labute approximate surface area is 146 Å². The van der Waals surface area contributed by atoms with Crippen LogP contribution in [-0.2, 0) is 22.7 Å². The molecule has 0 radical (unpaired) electrons. The number of esters is 1. The summed E-state index contributed by atoms with van der Waals surface area (Å²) in [6.45, 7) is 7.07. The molecule has 1 fully saturated rings. The van der Waals surface area contributed by atoms with Gasteiger partial charge in [-0.15, -0.1) is 5.10 Å². The van der Waals surface area contributed by atoms with Crippen molar-refractivity contribution in [3.8, 4) is 0 Å². The van der Waals surface area contributed by atoms with Crippen molar-refractivity contribution in [3.05, 3.63) is 5.82 Å². The van der Waals surface area contributed by atoms with E-state index in [0.29, 0.717) is 12.4 Å². The van der Waals surface area contributed by atoms with Gasteiger partial charge in [-0.25, -0.2) is 4.68 Å². The van der Waals surface area contributed by atoms with Gasteiger partial charge in [-0.1, -0.05) is 37.8 Å². The molecule has 1 aromatic heterocycles. The molecule has 0 amide bonds. The molecule has 2 heterocycles. The minimum absolute atomic E-state index is 0.0976. The fraction of sp³-hybridized carbons (Fsp3) is 0.786. The van der Waals surface area contributed by atoms with E-state index < -0.39 is 0 Å². The van der Waals surface area contributed by atoms with Crippen LogP contribution in [0.3, 0.4) is 0 Å². The molecule has 0 atom stereocenters. The number of thioether (sulfide) groups is 1. The molecule has 1 aliphatic rings. The first-order chi connectivity index (χ1) is 11.1. The first-order valence-corrected chi connectivity index (χ1v) is 9.32. The van der Waals surface area contributed by atoms with Gasteiger partial charge < -0.3 is 9.64 Å². The number of tetrazole rings is 1. The van der Waals surface area contributed by atoms with E-state index in [1.165, 1.54) is 11.8 Å². The number of carbonyl (C=O) groups excluding carboxylic acids is 1. The summed E-state index contributed by atoms with van der Waals surface area (Å²) in [6.07, 6.45) is 3.24. The normalized spacial score (nSPS) is 15.7. The molecule has 7 nitrogen and oxygen atoms in total. The number of thiocarbonyl (C=S) groups is 1.